The number of aromatic nitrogens is 2. The van der Waals surface area contributed by atoms with Gasteiger partial charge in [0.2, 0.25) is 0 Å². The number of rotatable bonds is 10. The van der Waals surface area contributed by atoms with Crippen LogP contribution in [0.15, 0.2) is 48.8 Å². The quantitative estimate of drug-likeness (QED) is 0.134. The first-order chi connectivity index (χ1) is 26.1. The number of carbonyl (C=O) groups is 4. The van der Waals surface area contributed by atoms with Crippen LogP contribution in [0.4, 0.5) is 22.7 Å². The highest BCUT2D eigenvalue weighted by Gasteiger charge is 2.45. The van der Waals surface area contributed by atoms with Gasteiger partial charge in [0.1, 0.15) is 0 Å². The third-order valence-electron chi connectivity index (χ3n) is 10.0. The highest BCUT2D eigenvalue weighted by Crippen LogP contribution is 2.50. The van der Waals surface area contributed by atoms with Gasteiger partial charge in [0.15, 0.2) is 24.2 Å². The lowest BCUT2D eigenvalue weighted by molar-refractivity contribution is -0.536. The third-order valence-corrected chi connectivity index (χ3v) is 10.0. The van der Waals surface area contributed by atoms with E-state index in [1.54, 1.807) is 64.1 Å². The molecule has 1 saturated carbocycles. The lowest BCUT2D eigenvalue weighted by Crippen LogP contribution is -2.64. The number of nitrogens with one attached hydrogen (secondary N) is 4. The summed E-state index contributed by atoms with van der Waals surface area (Å²) >= 11 is 0. The van der Waals surface area contributed by atoms with Crippen molar-refractivity contribution in [3.63, 3.8) is 0 Å². The second-order valence-corrected chi connectivity index (χ2v) is 13.0. The van der Waals surface area contributed by atoms with Gasteiger partial charge in [-0.25, -0.2) is 19.2 Å². The minimum atomic E-state index is -1.45. The molecule has 284 valence electrons. The van der Waals surface area contributed by atoms with Gasteiger partial charge in [-0.15, -0.1) is 12.2 Å². The Balaban J connectivity index is 1.25. The fourth-order valence-electron chi connectivity index (χ4n) is 7.65. The van der Waals surface area contributed by atoms with Crippen molar-refractivity contribution < 1.29 is 48.3 Å². The number of benzene rings is 2. The highest BCUT2D eigenvalue weighted by atomic mass is 16.5. The van der Waals surface area contributed by atoms with E-state index in [1.807, 2.05) is 0 Å². The molecule has 1 fully saturated rings. The zero-order valence-corrected chi connectivity index (χ0v) is 30.0. The Kier molecular flexibility index (Phi) is 10.1. The number of esters is 4. The average Bonchev–Trinajstić information content (AvgIpc) is 3.44. The molecule has 4 unspecified atom stereocenters. The second kappa shape index (κ2) is 14.9. The van der Waals surface area contributed by atoms with Gasteiger partial charge in [0.25, 0.3) is 0 Å². The van der Waals surface area contributed by atoms with Crippen LogP contribution in [0.25, 0.3) is 21.5 Å². The van der Waals surface area contributed by atoms with E-state index >= 15 is 0 Å². The van der Waals surface area contributed by atoms with Crippen LogP contribution < -0.4 is 31.5 Å². The van der Waals surface area contributed by atoms with Crippen molar-refractivity contribution in [2.24, 2.45) is 0 Å². The molecule has 4 N–H and O–H groups in total. The number of ether oxygens (including phenoxy) is 4. The van der Waals surface area contributed by atoms with Gasteiger partial charge in [-0.1, -0.05) is 24.3 Å². The maximum absolute atomic E-state index is 14.3. The molecule has 0 radical (unpaired) electrons. The predicted octanol–water partition coefficient (Wildman–Crippen LogP) is 1.52. The molecular weight excluding hydrogens is 700 g/mol. The molecule has 0 bridgehead atoms. The summed E-state index contributed by atoms with van der Waals surface area (Å²) in [5.41, 5.74) is 2.35. The summed E-state index contributed by atoms with van der Waals surface area (Å²) < 4.78 is 21.1. The normalized spacial score (nSPS) is 25.3. The molecule has 3 aliphatic rings. The fourth-order valence-corrected chi connectivity index (χ4v) is 7.65. The molecule has 4 heterocycles. The molecule has 16 nitrogen and oxygen atoms in total. The Morgan fingerprint density at radius 2 is 0.852 bits per heavy atom. The van der Waals surface area contributed by atoms with Gasteiger partial charge in [0, 0.05) is 44.3 Å². The molecule has 0 spiro atoms. The summed E-state index contributed by atoms with van der Waals surface area (Å²) in [7, 11) is 0. The molecule has 2 aliphatic heterocycles. The first kappa shape index (κ1) is 36.6. The Morgan fingerprint density at radius 1 is 0.537 bits per heavy atom. The number of nitrogens with zero attached hydrogens (tertiary/aromatic N) is 2. The van der Waals surface area contributed by atoms with Crippen molar-refractivity contribution in [2.45, 2.75) is 75.9 Å². The lowest BCUT2D eigenvalue weighted by Gasteiger charge is -2.60. The van der Waals surface area contributed by atoms with Gasteiger partial charge in [-0.3, -0.25) is 9.97 Å². The smallest absolute Gasteiger partial charge is 0.331 e. The molecule has 2 aromatic carbocycles. The zero-order chi connectivity index (χ0) is 38.3. The molecule has 16 heteroatoms. The molecule has 0 saturated heterocycles. The Bertz CT molecular complexity index is 1910. The average molecular weight is 741 g/mol. The van der Waals surface area contributed by atoms with Crippen molar-refractivity contribution in [1.82, 2.24) is 9.97 Å². The van der Waals surface area contributed by atoms with Crippen LogP contribution in [0.2, 0.25) is 0 Å². The number of hydrogen-bond donors (Lipinski definition) is 4. The minimum Gasteiger partial charge on any atom is -0.851 e. The van der Waals surface area contributed by atoms with Crippen LogP contribution in [0.1, 0.15) is 50.9 Å². The zero-order valence-electron chi connectivity index (χ0n) is 30.0. The summed E-state index contributed by atoms with van der Waals surface area (Å²) in [5, 5.41) is 43.1. The largest absolute Gasteiger partial charge is 0.851 e. The molecule has 0 amide bonds. The van der Waals surface area contributed by atoms with Crippen LogP contribution in [0.5, 0.6) is 0 Å². The minimum absolute atomic E-state index is 0.0914. The summed E-state index contributed by atoms with van der Waals surface area (Å²) in [6, 6.07) is 5.76. The van der Waals surface area contributed by atoms with E-state index < -0.39 is 72.1 Å². The van der Waals surface area contributed by atoms with Crippen molar-refractivity contribution in [3.05, 3.63) is 60.2 Å². The first-order valence-corrected chi connectivity index (χ1v) is 18.0. The van der Waals surface area contributed by atoms with Gasteiger partial charge in [-0.05, 0) is 51.7 Å². The van der Waals surface area contributed by atoms with Crippen molar-refractivity contribution >= 4 is 68.2 Å². The lowest BCUT2D eigenvalue weighted by atomic mass is 9.64. The summed E-state index contributed by atoms with van der Waals surface area (Å²) in [5.74, 6) is -4.78. The summed E-state index contributed by atoms with van der Waals surface area (Å²) in [4.78, 5) is 61.5. The highest BCUT2D eigenvalue weighted by molar-refractivity contribution is 6.09. The molecule has 7 rings (SSSR count). The van der Waals surface area contributed by atoms with Gasteiger partial charge < -0.3 is 50.4 Å². The van der Waals surface area contributed by atoms with Gasteiger partial charge in [-0.2, -0.15) is 0 Å². The van der Waals surface area contributed by atoms with E-state index in [1.165, 1.54) is 12.4 Å². The molecule has 4 aromatic rings. The van der Waals surface area contributed by atoms with Gasteiger partial charge in [0.05, 0.1) is 50.2 Å². The van der Waals surface area contributed by atoms with Crippen LogP contribution in [-0.4, -0.2) is 96.6 Å². The Labute approximate surface area is 309 Å². The molecule has 2 aromatic heterocycles. The molecule has 54 heavy (non-hydrogen) atoms. The Hall–Kier alpha value is -5.74. The number of pyridine rings is 2. The molecule has 1 aliphatic carbocycles. The number of carbonyl (C=O) groups excluding carboxylic acids is 4. The van der Waals surface area contributed by atoms with Crippen LogP contribution in [0, 0.1) is 0 Å². The number of anilines is 4. The van der Waals surface area contributed by atoms with Crippen molar-refractivity contribution in [2.75, 3.05) is 47.7 Å². The fraction of sp³-hybridized carbons (Fsp3) is 0.421. The third kappa shape index (κ3) is 6.14. The Morgan fingerprint density at radius 3 is 1.17 bits per heavy atom. The van der Waals surface area contributed by atoms with E-state index in [4.69, 9.17) is 18.9 Å². The van der Waals surface area contributed by atoms with E-state index in [9.17, 15) is 29.4 Å². The SMILES string of the molecule is CCOC(=O)C1Nc2cccc3c(C4C([O-])C(c5ncc6c7c(cccc57)NC(C(=O)OCC)C(C(=O)OCC)N6)C4[O-])ncc(c23)NC1C(=O)OCC. The molecule has 4 atom stereocenters. The summed E-state index contributed by atoms with van der Waals surface area (Å²) in [6.45, 7) is 7.02. The monoisotopic (exact) mass is 740 g/mol. The van der Waals surface area contributed by atoms with E-state index in [0.717, 1.165) is 0 Å². The van der Waals surface area contributed by atoms with Crippen LogP contribution in [-0.2, 0) is 38.1 Å². The van der Waals surface area contributed by atoms with Crippen LogP contribution >= 0.6 is 0 Å². The van der Waals surface area contributed by atoms with E-state index in [2.05, 4.69) is 31.2 Å². The van der Waals surface area contributed by atoms with E-state index in [0.29, 0.717) is 44.3 Å². The van der Waals surface area contributed by atoms with Crippen molar-refractivity contribution in [3.8, 4) is 0 Å². The standard InChI is InChI=1S/C38H40N6O10/c1-5-51-35(47)29-31(37(49)53-7-3)43-21-15-39-27(17-11-9-13-19(41-29)23(17)21)25-33(45)26(34(25)46)28-18-12-10-14-20-24(18)22(16-40-28)44-32(38(50)54-8-4)30(42-20)36(48)52-6-2/h9-16,25-26,29-34,41-44H,5-8H2,1-4H3/q-2. The van der Waals surface area contributed by atoms with Crippen LogP contribution in [0.3, 0.4) is 0 Å². The number of hydrogen-bond acceptors (Lipinski definition) is 16. The second-order valence-electron chi connectivity index (χ2n) is 13.0. The summed E-state index contributed by atoms with van der Waals surface area (Å²) in [6.07, 6.45) is 0.0199. The topological polar surface area (TPSA) is 225 Å². The first-order valence-electron chi connectivity index (χ1n) is 18.0. The van der Waals surface area contributed by atoms with Crippen molar-refractivity contribution in [1.29, 1.82) is 0 Å². The maximum Gasteiger partial charge on any atom is 0.331 e. The van der Waals surface area contributed by atoms with Gasteiger partial charge >= 0.3 is 23.9 Å². The molecular formula is C38H40N6O10-2. The van der Waals surface area contributed by atoms with E-state index in [-0.39, 0.29) is 37.8 Å². The predicted molar refractivity (Wildman–Crippen MR) is 193 cm³/mol. The maximum atomic E-state index is 14.3.